The lowest BCUT2D eigenvalue weighted by Gasteiger charge is -2.14. The number of nitrogens with zero attached hydrogens (tertiary/aromatic N) is 2. The molecule has 0 aromatic heterocycles. The summed E-state index contributed by atoms with van der Waals surface area (Å²) in [7, 11) is 0. The van der Waals surface area contributed by atoms with E-state index in [1.807, 2.05) is 18.2 Å². The Kier molecular flexibility index (Phi) is 3.42. The minimum atomic E-state index is -0.440. The lowest BCUT2D eigenvalue weighted by Crippen LogP contribution is -2.15. The van der Waals surface area contributed by atoms with Crippen molar-refractivity contribution in [2.24, 2.45) is 0 Å². The van der Waals surface area contributed by atoms with Crippen LogP contribution in [0.15, 0.2) is 42.5 Å². The fraction of sp³-hybridized carbons (Fsp3) is 0.200. The van der Waals surface area contributed by atoms with Gasteiger partial charge in [-0.25, -0.2) is 0 Å². The topological polar surface area (TPSA) is 46.4 Å². The maximum absolute atomic E-state index is 10.9. The summed E-state index contributed by atoms with van der Waals surface area (Å²) in [6.07, 6.45) is 0. The quantitative estimate of drug-likeness (QED) is 0.638. The predicted molar refractivity (Wildman–Crippen MR) is 77.5 cm³/mol. The van der Waals surface area contributed by atoms with Crippen molar-refractivity contribution in [2.75, 3.05) is 0 Å². The van der Waals surface area contributed by atoms with Gasteiger partial charge in [0, 0.05) is 25.7 Å². The number of nitro benzene ring substituents is 1. The number of hydrogen-bond acceptors (Lipinski definition) is 3. The Morgan fingerprint density at radius 1 is 1.15 bits per heavy atom. The molecule has 5 heteroatoms. The van der Waals surface area contributed by atoms with Crippen molar-refractivity contribution in [3.63, 3.8) is 0 Å². The van der Waals surface area contributed by atoms with E-state index >= 15 is 0 Å². The lowest BCUT2D eigenvalue weighted by atomic mass is 10.1. The Labute approximate surface area is 121 Å². The summed E-state index contributed by atoms with van der Waals surface area (Å²) in [4.78, 5) is 12.7. The zero-order chi connectivity index (χ0) is 14.1. The Morgan fingerprint density at radius 2 is 1.80 bits per heavy atom. The van der Waals surface area contributed by atoms with E-state index in [4.69, 9.17) is 11.6 Å². The van der Waals surface area contributed by atoms with Crippen molar-refractivity contribution >= 4 is 17.3 Å². The summed E-state index contributed by atoms with van der Waals surface area (Å²) in [6, 6.07) is 13.3. The third-order valence-electron chi connectivity index (χ3n) is 3.52. The van der Waals surface area contributed by atoms with Crippen LogP contribution in [0.2, 0.25) is 5.02 Å². The Balaban J connectivity index is 1.77. The van der Waals surface area contributed by atoms with E-state index in [1.54, 1.807) is 12.1 Å². The van der Waals surface area contributed by atoms with E-state index in [1.165, 1.54) is 11.1 Å². The first-order valence-electron chi connectivity index (χ1n) is 6.35. The molecular weight excluding hydrogens is 276 g/mol. The molecule has 0 unspecified atom stereocenters. The molecule has 0 atom stereocenters. The minimum Gasteiger partial charge on any atom is -0.291 e. The predicted octanol–water partition coefficient (Wildman–Crippen LogP) is 3.76. The van der Waals surface area contributed by atoms with Gasteiger partial charge >= 0.3 is 0 Å². The van der Waals surface area contributed by atoms with Gasteiger partial charge in [0.2, 0.25) is 0 Å². The molecule has 2 aromatic carbocycles. The first-order chi connectivity index (χ1) is 9.63. The van der Waals surface area contributed by atoms with Crippen LogP contribution in [0.4, 0.5) is 5.69 Å². The fourth-order valence-electron chi connectivity index (χ4n) is 2.57. The lowest BCUT2D eigenvalue weighted by molar-refractivity contribution is -0.384. The maximum Gasteiger partial charge on any atom is 0.288 e. The van der Waals surface area contributed by atoms with Gasteiger partial charge in [-0.3, -0.25) is 15.0 Å². The van der Waals surface area contributed by atoms with Gasteiger partial charge in [-0.2, -0.15) is 0 Å². The van der Waals surface area contributed by atoms with Crippen LogP contribution < -0.4 is 0 Å². The fourth-order valence-corrected chi connectivity index (χ4v) is 2.76. The van der Waals surface area contributed by atoms with Crippen molar-refractivity contribution in [1.29, 1.82) is 0 Å². The Hall–Kier alpha value is -1.91. The summed E-state index contributed by atoms with van der Waals surface area (Å²) in [6.45, 7) is 2.45. The maximum atomic E-state index is 10.9. The zero-order valence-corrected chi connectivity index (χ0v) is 11.5. The van der Waals surface area contributed by atoms with E-state index in [0.29, 0.717) is 6.54 Å². The van der Waals surface area contributed by atoms with Gasteiger partial charge in [0.15, 0.2) is 0 Å². The van der Waals surface area contributed by atoms with Gasteiger partial charge in [0.1, 0.15) is 5.02 Å². The van der Waals surface area contributed by atoms with Crippen molar-refractivity contribution in [3.8, 4) is 0 Å². The van der Waals surface area contributed by atoms with Crippen LogP contribution >= 0.6 is 11.6 Å². The minimum absolute atomic E-state index is 0.0270. The highest BCUT2D eigenvalue weighted by Gasteiger charge is 2.19. The van der Waals surface area contributed by atoms with Crippen molar-refractivity contribution < 1.29 is 4.92 Å². The van der Waals surface area contributed by atoms with Gasteiger partial charge in [0.05, 0.1) is 4.92 Å². The molecule has 4 nitrogen and oxygen atoms in total. The molecule has 0 aliphatic carbocycles. The van der Waals surface area contributed by atoms with E-state index in [-0.39, 0.29) is 10.7 Å². The summed E-state index contributed by atoms with van der Waals surface area (Å²) >= 11 is 5.83. The number of halogens is 1. The van der Waals surface area contributed by atoms with Gasteiger partial charge < -0.3 is 0 Å². The number of hydrogen-bond donors (Lipinski definition) is 0. The van der Waals surface area contributed by atoms with Crippen LogP contribution in [0.1, 0.15) is 16.7 Å². The average molecular weight is 289 g/mol. The van der Waals surface area contributed by atoms with Gasteiger partial charge in [-0.05, 0) is 22.8 Å². The molecule has 0 saturated carbocycles. The van der Waals surface area contributed by atoms with Crippen LogP contribution in [-0.2, 0) is 19.6 Å². The second-order valence-electron chi connectivity index (χ2n) is 4.96. The molecule has 0 saturated heterocycles. The highest BCUT2D eigenvalue weighted by Crippen LogP contribution is 2.28. The smallest absolute Gasteiger partial charge is 0.288 e. The van der Waals surface area contributed by atoms with Crippen molar-refractivity contribution in [3.05, 3.63) is 74.3 Å². The molecule has 3 rings (SSSR count). The molecule has 0 fully saturated rings. The second-order valence-corrected chi connectivity index (χ2v) is 5.36. The summed E-state index contributed by atoms with van der Waals surface area (Å²) < 4.78 is 0. The molecule has 0 N–H and O–H groups in total. The Morgan fingerprint density at radius 3 is 2.40 bits per heavy atom. The largest absolute Gasteiger partial charge is 0.291 e. The third kappa shape index (κ3) is 2.53. The van der Waals surface area contributed by atoms with Gasteiger partial charge in [-0.15, -0.1) is 0 Å². The summed E-state index contributed by atoms with van der Waals surface area (Å²) in [5.41, 5.74) is 3.54. The van der Waals surface area contributed by atoms with E-state index in [9.17, 15) is 10.1 Å². The van der Waals surface area contributed by atoms with E-state index < -0.39 is 4.92 Å². The molecular formula is C15H13ClN2O2. The summed E-state index contributed by atoms with van der Waals surface area (Å²) in [5, 5.41) is 11.1. The van der Waals surface area contributed by atoms with Crippen LogP contribution in [0.3, 0.4) is 0 Å². The van der Waals surface area contributed by atoms with Gasteiger partial charge in [0.25, 0.3) is 5.69 Å². The molecule has 102 valence electrons. The molecule has 0 amide bonds. The Bertz CT molecular complexity index is 648. The molecule has 0 bridgehead atoms. The molecule has 1 aliphatic rings. The monoisotopic (exact) mass is 288 g/mol. The normalized spacial score (nSPS) is 14.2. The van der Waals surface area contributed by atoms with Gasteiger partial charge in [-0.1, -0.05) is 41.9 Å². The highest BCUT2D eigenvalue weighted by molar-refractivity contribution is 6.32. The van der Waals surface area contributed by atoms with Crippen LogP contribution in [0.5, 0.6) is 0 Å². The van der Waals surface area contributed by atoms with Crippen molar-refractivity contribution in [1.82, 2.24) is 4.90 Å². The standard InChI is InChI=1S/C15H13ClN2O2/c16-14-6-5-11(7-15(14)18(19)20)8-17-9-12-3-1-2-4-13(12)10-17/h1-7H,8-10H2. The van der Waals surface area contributed by atoms with Crippen LogP contribution in [0.25, 0.3) is 0 Å². The molecule has 1 aliphatic heterocycles. The highest BCUT2D eigenvalue weighted by atomic mass is 35.5. The summed E-state index contributed by atoms with van der Waals surface area (Å²) in [5.74, 6) is 0. The molecule has 2 aromatic rings. The third-order valence-corrected chi connectivity index (χ3v) is 3.84. The van der Waals surface area contributed by atoms with Crippen LogP contribution in [-0.4, -0.2) is 9.82 Å². The van der Waals surface area contributed by atoms with E-state index in [0.717, 1.165) is 18.7 Å². The zero-order valence-electron chi connectivity index (χ0n) is 10.8. The number of rotatable bonds is 3. The number of benzene rings is 2. The molecule has 0 radical (unpaired) electrons. The number of nitro groups is 1. The SMILES string of the molecule is O=[N+]([O-])c1cc(CN2Cc3ccccc3C2)ccc1Cl. The van der Waals surface area contributed by atoms with E-state index in [2.05, 4.69) is 17.0 Å². The van der Waals surface area contributed by atoms with Crippen LogP contribution in [0, 0.1) is 10.1 Å². The molecule has 1 heterocycles. The first kappa shape index (κ1) is 13.1. The molecule has 20 heavy (non-hydrogen) atoms. The second kappa shape index (κ2) is 5.23. The molecule has 0 spiro atoms. The average Bonchev–Trinajstić information content (AvgIpc) is 2.82. The number of fused-ring (bicyclic) bond motifs is 1. The first-order valence-corrected chi connectivity index (χ1v) is 6.73. The van der Waals surface area contributed by atoms with Crippen molar-refractivity contribution in [2.45, 2.75) is 19.6 Å².